The molecule has 4 aromatic rings. The van der Waals surface area contributed by atoms with Crippen molar-refractivity contribution in [3.8, 4) is 23.2 Å². The lowest BCUT2D eigenvalue weighted by atomic mass is 10.1. The van der Waals surface area contributed by atoms with Crippen molar-refractivity contribution in [2.45, 2.75) is 6.61 Å². The summed E-state index contributed by atoms with van der Waals surface area (Å²) in [5, 5.41) is 27.6. The van der Waals surface area contributed by atoms with Crippen LogP contribution in [0.4, 0.5) is 0 Å². The highest BCUT2D eigenvalue weighted by Crippen LogP contribution is 2.24. The maximum atomic E-state index is 11.4. The van der Waals surface area contributed by atoms with Gasteiger partial charge in [0.25, 0.3) is 0 Å². The second kappa shape index (κ2) is 9.62. The van der Waals surface area contributed by atoms with Crippen LogP contribution in [0.5, 0.6) is 5.75 Å². The van der Waals surface area contributed by atoms with Crippen LogP contribution in [0.25, 0.3) is 23.0 Å². The predicted molar refractivity (Wildman–Crippen MR) is 124 cm³/mol. The molecule has 0 bridgehead atoms. The number of hydrogen-bond acceptors (Lipinski definition) is 5. The monoisotopic (exact) mass is 436 g/mol. The molecule has 0 radical (unpaired) electrons. The van der Waals surface area contributed by atoms with Gasteiger partial charge in [0.1, 0.15) is 18.4 Å². The highest BCUT2D eigenvalue weighted by molar-refractivity contribution is 5.89. The molecule has 1 N–H and O–H groups in total. The zero-order valence-corrected chi connectivity index (χ0v) is 17.8. The molecule has 7 nitrogen and oxygen atoms in total. The van der Waals surface area contributed by atoms with Crippen LogP contribution in [-0.4, -0.2) is 25.8 Å². The molecule has 0 saturated carbocycles. The maximum Gasteiger partial charge on any atom is 0.336 e. The molecular weight excluding hydrogens is 416 g/mol. The zero-order chi connectivity index (χ0) is 23.2. The van der Waals surface area contributed by atoms with Gasteiger partial charge in [-0.25, -0.2) is 4.79 Å². The smallest absolute Gasteiger partial charge is 0.336 e. The Morgan fingerprint density at radius 1 is 1.06 bits per heavy atom. The number of ether oxygens (including phenoxy) is 1. The molecule has 0 aliphatic heterocycles. The Labute approximate surface area is 190 Å². The Morgan fingerprint density at radius 3 is 2.58 bits per heavy atom. The molecule has 0 aliphatic carbocycles. The molecule has 1 heterocycles. The average Bonchev–Trinajstić information content (AvgIpc) is 3.23. The Hall–Kier alpha value is -4.70. The Kier molecular flexibility index (Phi) is 6.28. The molecule has 0 atom stereocenters. The van der Waals surface area contributed by atoms with Gasteiger partial charge in [0.2, 0.25) is 0 Å². The highest BCUT2D eigenvalue weighted by Gasteiger charge is 2.14. The molecule has 33 heavy (non-hydrogen) atoms. The third-order valence-corrected chi connectivity index (χ3v) is 5.08. The van der Waals surface area contributed by atoms with Gasteiger partial charge in [-0.1, -0.05) is 60.7 Å². The normalized spacial score (nSPS) is 11.1. The van der Waals surface area contributed by atoms with E-state index in [4.69, 9.17) is 4.74 Å². The summed E-state index contributed by atoms with van der Waals surface area (Å²) in [5.41, 5.74) is 2.81. The molecule has 3 aromatic carbocycles. The number of carboxylic acids is 1. The van der Waals surface area contributed by atoms with E-state index in [1.54, 1.807) is 47.0 Å². The van der Waals surface area contributed by atoms with E-state index in [2.05, 4.69) is 16.3 Å². The largest absolute Gasteiger partial charge is 0.489 e. The Balaban J connectivity index is 1.57. The minimum atomic E-state index is -0.997. The standard InChI is InChI=1S/C26H20N4O3/c1-30-24(19-9-3-2-4-10-19)28-29-25(30)21(16-27)14-18-8-7-12-22(15-18)33-17-20-11-5-6-13-23(20)26(31)32/h2-15H,17H2,1H3,(H,31,32)/b21-14+. The van der Waals surface area contributed by atoms with Crippen molar-refractivity contribution < 1.29 is 14.6 Å². The van der Waals surface area contributed by atoms with Gasteiger partial charge in [-0.15, -0.1) is 10.2 Å². The van der Waals surface area contributed by atoms with E-state index in [0.717, 1.165) is 11.1 Å². The lowest BCUT2D eigenvalue weighted by Gasteiger charge is -2.09. The third-order valence-electron chi connectivity index (χ3n) is 5.08. The van der Waals surface area contributed by atoms with Gasteiger partial charge < -0.3 is 14.4 Å². The summed E-state index contributed by atoms with van der Waals surface area (Å²) < 4.78 is 7.61. The lowest BCUT2D eigenvalue weighted by molar-refractivity contribution is 0.0694. The van der Waals surface area contributed by atoms with Crippen LogP contribution in [0.2, 0.25) is 0 Å². The lowest BCUT2D eigenvalue weighted by Crippen LogP contribution is -2.05. The second-order valence-corrected chi connectivity index (χ2v) is 7.27. The first-order valence-corrected chi connectivity index (χ1v) is 10.2. The van der Waals surface area contributed by atoms with Crippen LogP contribution in [0.1, 0.15) is 27.3 Å². The molecule has 162 valence electrons. The number of nitriles is 1. The number of aromatic carboxylic acids is 1. The molecule has 1 aromatic heterocycles. The van der Waals surface area contributed by atoms with Gasteiger partial charge in [0.15, 0.2) is 11.6 Å². The summed E-state index contributed by atoms with van der Waals surface area (Å²) in [6, 6.07) is 25.8. The molecular formula is C26H20N4O3. The van der Waals surface area contributed by atoms with Crippen molar-refractivity contribution in [1.82, 2.24) is 14.8 Å². The van der Waals surface area contributed by atoms with Gasteiger partial charge in [-0.2, -0.15) is 5.26 Å². The molecule has 0 amide bonds. The van der Waals surface area contributed by atoms with Crippen LogP contribution in [0.3, 0.4) is 0 Å². The third kappa shape index (κ3) is 4.81. The summed E-state index contributed by atoms with van der Waals surface area (Å²) in [6.45, 7) is 0.116. The molecule has 4 rings (SSSR count). The first-order chi connectivity index (χ1) is 16.1. The van der Waals surface area contributed by atoms with Crippen molar-refractivity contribution in [2.75, 3.05) is 0 Å². The summed E-state index contributed by atoms with van der Waals surface area (Å²) in [4.78, 5) is 11.4. The van der Waals surface area contributed by atoms with Crippen molar-refractivity contribution in [3.05, 3.63) is 101 Å². The number of carboxylic acid groups (broad SMARTS) is 1. The highest BCUT2D eigenvalue weighted by atomic mass is 16.5. The van der Waals surface area contributed by atoms with Crippen LogP contribution in [-0.2, 0) is 13.7 Å². The SMILES string of the molecule is Cn1c(/C(C#N)=C/c2cccc(OCc3ccccc3C(=O)O)c2)nnc1-c1ccccc1. The number of allylic oxidation sites excluding steroid dienone is 1. The fourth-order valence-corrected chi connectivity index (χ4v) is 3.43. The van der Waals surface area contributed by atoms with Crippen molar-refractivity contribution >= 4 is 17.6 Å². The van der Waals surface area contributed by atoms with Crippen LogP contribution < -0.4 is 4.74 Å². The van der Waals surface area contributed by atoms with E-state index >= 15 is 0 Å². The summed E-state index contributed by atoms with van der Waals surface area (Å²) in [7, 11) is 1.82. The van der Waals surface area contributed by atoms with Crippen molar-refractivity contribution in [3.63, 3.8) is 0 Å². The van der Waals surface area contributed by atoms with Crippen LogP contribution in [0, 0.1) is 11.3 Å². The summed E-state index contributed by atoms with van der Waals surface area (Å²) >= 11 is 0. The van der Waals surface area contributed by atoms with Crippen molar-refractivity contribution in [2.24, 2.45) is 7.05 Å². The van der Waals surface area contributed by atoms with Gasteiger partial charge in [-0.05, 0) is 29.8 Å². The van der Waals surface area contributed by atoms with Crippen LogP contribution in [0.15, 0.2) is 78.9 Å². The number of benzene rings is 3. The average molecular weight is 436 g/mol. The van der Waals surface area contributed by atoms with E-state index in [0.29, 0.717) is 28.5 Å². The molecule has 7 heteroatoms. The van der Waals surface area contributed by atoms with E-state index in [-0.39, 0.29) is 12.2 Å². The molecule has 0 saturated heterocycles. The zero-order valence-electron chi connectivity index (χ0n) is 17.8. The number of hydrogen-bond donors (Lipinski definition) is 1. The summed E-state index contributed by atoms with van der Waals surface area (Å²) in [6.07, 6.45) is 1.72. The molecule has 0 spiro atoms. The maximum absolute atomic E-state index is 11.4. The van der Waals surface area contributed by atoms with E-state index < -0.39 is 5.97 Å². The topological polar surface area (TPSA) is 101 Å². The van der Waals surface area contributed by atoms with E-state index in [1.807, 2.05) is 49.5 Å². The first-order valence-electron chi connectivity index (χ1n) is 10.2. The fourth-order valence-electron chi connectivity index (χ4n) is 3.43. The van der Waals surface area contributed by atoms with Gasteiger partial charge >= 0.3 is 5.97 Å². The molecule has 0 unspecified atom stereocenters. The number of aromatic nitrogens is 3. The van der Waals surface area contributed by atoms with E-state index in [1.165, 1.54) is 0 Å². The number of rotatable bonds is 7. The van der Waals surface area contributed by atoms with E-state index in [9.17, 15) is 15.2 Å². The van der Waals surface area contributed by atoms with Crippen LogP contribution >= 0.6 is 0 Å². The second-order valence-electron chi connectivity index (χ2n) is 7.27. The number of nitrogens with zero attached hydrogens (tertiary/aromatic N) is 4. The van der Waals surface area contributed by atoms with Gasteiger partial charge in [0.05, 0.1) is 11.1 Å². The predicted octanol–water partition coefficient (Wildman–Crippen LogP) is 4.82. The fraction of sp³-hybridized carbons (Fsp3) is 0.0769. The minimum absolute atomic E-state index is 0.116. The van der Waals surface area contributed by atoms with Crippen molar-refractivity contribution in [1.29, 1.82) is 5.26 Å². The van der Waals surface area contributed by atoms with Gasteiger partial charge in [-0.3, -0.25) is 0 Å². The Bertz CT molecular complexity index is 1370. The molecule has 0 fully saturated rings. The first kappa shape index (κ1) is 21.5. The summed E-state index contributed by atoms with van der Waals surface area (Å²) in [5.74, 6) is 0.686. The molecule has 0 aliphatic rings. The van der Waals surface area contributed by atoms with Gasteiger partial charge in [0, 0.05) is 18.2 Å². The Morgan fingerprint density at radius 2 is 1.82 bits per heavy atom. The number of carbonyl (C=O) groups is 1. The quantitative estimate of drug-likeness (QED) is 0.417. The minimum Gasteiger partial charge on any atom is -0.489 e.